The van der Waals surface area contributed by atoms with Gasteiger partial charge in [0.05, 0.1) is 6.10 Å². The smallest absolute Gasteiger partial charge is 0.318 e. The molecule has 0 heterocycles. The first-order chi connectivity index (χ1) is 8.81. The van der Waals surface area contributed by atoms with Crippen molar-refractivity contribution in [2.24, 2.45) is 5.73 Å². The van der Waals surface area contributed by atoms with Crippen LogP contribution in [0.5, 0.6) is 5.75 Å². The summed E-state index contributed by atoms with van der Waals surface area (Å²) in [6.45, 7) is 2.82. The van der Waals surface area contributed by atoms with Crippen LogP contribution in [0, 0.1) is 5.82 Å². The van der Waals surface area contributed by atoms with Gasteiger partial charge in [-0.05, 0) is 26.0 Å². The fourth-order valence-electron chi connectivity index (χ4n) is 1.40. The highest BCUT2D eigenvalue weighted by atomic mass is 19.1. The Morgan fingerprint density at radius 2 is 2.05 bits per heavy atom. The first kappa shape index (κ1) is 14.9. The molecule has 0 saturated carbocycles. The van der Waals surface area contributed by atoms with Crippen LogP contribution in [0.2, 0.25) is 0 Å². The van der Waals surface area contributed by atoms with Crippen LogP contribution in [0.3, 0.4) is 0 Å². The number of primary amides is 1. The number of benzene rings is 1. The Hall–Kier alpha value is -2.15. The summed E-state index contributed by atoms with van der Waals surface area (Å²) in [6.07, 6.45) is -1.95. The van der Waals surface area contributed by atoms with Gasteiger partial charge in [-0.3, -0.25) is 10.1 Å². The first-order valence-corrected chi connectivity index (χ1v) is 5.55. The average Bonchev–Trinajstić information content (AvgIpc) is 2.27. The number of carbonyl (C=O) groups is 2. The summed E-state index contributed by atoms with van der Waals surface area (Å²) in [6, 6.07) is 2.83. The fraction of sp³-hybridized carbons (Fsp3) is 0.333. The highest BCUT2D eigenvalue weighted by molar-refractivity contribution is 5.95. The molecule has 0 bridgehead atoms. The summed E-state index contributed by atoms with van der Waals surface area (Å²) < 4.78 is 18.7. The number of halogens is 1. The second-order valence-corrected chi connectivity index (χ2v) is 3.97. The number of amides is 3. The maximum Gasteiger partial charge on any atom is 0.318 e. The monoisotopic (exact) mass is 270 g/mol. The minimum absolute atomic E-state index is 0.106. The van der Waals surface area contributed by atoms with Gasteiger partial charge in [0, 0.05) is 11.6 Å². The van der Waals surface area contributed by atoms with Crippen LogP contribution < -0.4 is 15.8 Å². The molecule has 1 aromatic rings. The molecule has 6 nitrogen and oxygen atoms in total. The largest absolute Gasteiger partial charge is 0.481 e. The summed E-state index contributed by atoms with van der Waals surface area (Å²) in [7, 11) is 0. The molecule has 1 rings (SSSR count). The quantitative estimate of drug-likeness (QED) is 0.754. The van der Waals surface area contributed by atoms with Crippen molar-refractivity contribution in [3.63, 3.8) is 0 Å². The lowest BCUT2D eigenvalue weighted by molar-refractivity contribution is -0.126. The van der Waals surface area contributed by atoms with E-state index in [0.29, 0.717) is 0 Å². The topological polar surface area (TPSA) is 102 Å². The average molecular weight is 270 g/mol. The molecule has 7 heteroatoms. The number of rotatable bonds is 4. The van der Waals surface area contributed by atoms with Crippen molar-refractivity contribution in [2.75, 3.05) is 0 Å². The van der Waals surface area contributed by atoms with Gasteiger partial charge in [-0.2, -0.15) is 0 Å². The molecule has 0 fully saturated rings. The number of ether oxygens (including phenoxy) is 1. The molecular weight excluding hydrogens is 255 g/mol. The van der Waals surface area contributed by atoms with Crippen molar-refractivity contribution >= 4 is 11.9 Å². The molecule has 0 radical (unpaired) electrons. The number of hydrogen-bond donors (Lipinski definition) is 3. The van der Waals surface area contributed by atoms with E-state index in [9.17, 15) is 19.1 Å². The zero-order valence-corrected chi connectivity index (χ0v) is 10.5. The Labute approximate surface area is 109 Å². The number of nitrogens with two attached hydrogens (primary N) is 1. The second kappa shape index (κ2) is 6.14. The lowest BCUT2D eigenvalue weighted by atomic mass is 10.1. The van der Waals surface area contributed by atoms with Crippen LogP contribution >= 0.6 is 0 Å². The number of nitrogens with one attached hydrogen (secondary N) is 1. The molecule has 2 unspecified atom stereocenters. The molecule has 4 N–H and O–H groups in total. The third-order valence-electron chi connectivity index (χ3n) is 2.35. The first-order valence-electron chi connectivity index (χ1n) is 5.55. The number of aliphatic hydroxyl groups excluding tert-OH is 1. The van der Waals surface area contributed by atoms with E-state index in [1.807, 2.05) is 5.32 Å². The number of urea groups is 1. The number of carbonyl (C=O) groups excluding carboxylic acids is 2. The number of aliphatic hydroxyl groups is 1. The van der Waals surface area contributed by atoms with Crippen LogP contribution in [0.4, 0.5) is 9.18 Å². The molecule has 3 amide bonds. The molecule has 0 saturated heterocycles. The lowest BCUT2D eigenvalue weighted by Gasteiger charge is -2.14. The third-order valence-corrected chi connectivity index (χ3v) is 2.35. The standard InChI is InChI=1S/C12H15FN2O4/c1-6(16)9-4-3-8(5-10(9)13)19-7(2)11(17)15-12(14)18/h3-7,16H,1-2H3,(H3,14,15,17,18). The van der Waals surface area contributed by atoms with E-state index in [1.54, 1.807) is 0 Å². The molecule has 0 aliphatic rings. The fourth-order valence-corrected chi connectivity index (χ4v) is 1.40. The molecule has 19 heavy (non-hydrogen) atoms. The molecule has 2 atom stereocenters. The second-order valence-electron chi connectivity index (χ2n) is 3.97. The Morgan fingerprint density at radius 3 is 2.53 bits per heavy atom. The van der Waals surface area contributed by atoms with Crippen LogP contribution in [-0.2, 0) is 4.79 Å². The van der Waals surface area contributed by atoms with E-state index in [0.717, 1.165) is 6.07 Å². The molecule has 104 valence electrons. The Morgan fingerprint density at radius 1 is 1.42 bits per heavy atom. The Bertz CT molecular complexity index is 491. The van der Waals surface area contributed by atoms with Gasteiger partial charge in [0.1, 0.15) is 11.6 Å². The predicted molar refractivity (Wildman–Crippen MR) is 64.8 cm³/mol. The Kier molecular flexibility index (Phi) is 4.82. The van der Waals surface area contributed by atoms with Crippen LogP contribution in [0.15, 0.2) is 18.2 Å². The van der Waals surface area contributed by atoms with Gasteiger partial charge in [-0.25, -0.2) is 9.18 Å². The van der Waals surface area contributed by atoms with E-state index >= 15 is 0 Å². The molecule has 0 aromatic heterocycles. The van der Waals surface area contributed by atoms with Crippen molar-refractivity contribution < 1.29 is 23.8 Å². The highest BCUT2D eigenvalue weighted by Crippen LogP contribution is 2.22. The molecule has 0 spiro atoms. The maximum atomic E-state index is 13.5. The molecule has 0 aliphatic heterocycles. The zero-order chi connectivity index (χ0) is 14.6. The van der Waals surface area contributed by atoms with Crippen molar-refractivity contribution in [3.05, 3.63) is 29.6 Å². The number of hydrogen-bond acceptors (Lipinski definition) is 4. The lowest BCUT2D eigenvalue weighted by Crippen LogP contribution is -2.42. The summed E-state index contributed by atoms with van der Waals surface area (Å²) in [4.78, 5) is 21.8. The van der Waals surface area contributed by atoms with Gasteiger partial charge in [-0.15, -0.1) is 0 Å². The molecule has 1 aromatic carbocycles. The van der Waals surface area contributed by atoms with Crippen molar-refractivity contribution in [2.45, 2.75) is 26.1 Å². The molecular formula is C12H15FN2O4. The summed E-state index contributed by atoms with van der Waals surface area (Å²) in [5, 5.41) is 11.1. The van der Waals surface area contributed by atoms with Gasteiger partial charge < -0.3 is 15.6 Å². The van der Waals surface area contributed by atoms with E-state index in [2.05, 4.69) is 0 Å². The third kappa shape index (κ3) is 4.22. The van der Waals surface area contributed by atoms with E-state index < -0.39 is 30.0 Å². The van der Waals surface area contributed by atoms with Crippen molar-refractivity contribution in [1.82, 2.24) is 5.32 Å². The van der Waals surface area contributed by atoms with Gasteiger partial charge in [0.15, 0.2) is 6.10 Å². The van der Waals surface area contributed by atoms with Crippen LogP contribution in [-0.4, -0.2) is 23.1 Å². The molecule has 0 aliphatic carbocycles. The highest BCUT2D eigenvalue weighted by Gasteiger charge is 2.17. The normalized spacial score (nSPS) is 13.5. The van der Waals surface area contributed by atoms with Gasteiger partial charge in [-0.1, -0.05) is 0 Å². The summed E-state index contributed by atoms with van der Waals surface area (Å²) in [5.41, 5.74) is 4.91. The van der Waals surface area contributed by atoms with Crippen LogP contribution in [0.1, 0.15) is 25.5 Å². The maximum absolute atomic E-state index is 13.5. The zero-order valence-electron chi connectivity index (χ0n) is 10.5. The minimum atomic E-state index is -1.01. The number of imide groups is 1. The summed E-state index contributed by atoms with van der Waals surface area (Å²) >= 11 is 0. The van der Waals surface area contributed by atoms with Crippen molar-refractivity contribution in [1.29, 1.82) is 0 Å². The van der Waals surface area contributed by atoms with E-state index in [4.69, 9.17) is 10.5 Å². The minimum Gasteiger partial charge on any atom is -0.481 e. The van der Waals surface area contributed by atoms with Gasteiger partial charge >= 0.3 is 6.03 Å². The summed E-state index contributed by atoms with van der Waals surface area (Å²) in [5.74, 6) is -1.27. The Balaban J connectivity index is 2.75. The van der Waals surface area contributed by atoms with Crippen molar-refractivity contribution in [3.8, 4) is 5.75 Å². The van der Waals surface area contributed by atoms with E-state index in [1.165, 1.54) is 26.0 Å². The van der Waals surface area contributed by atoms with Gasteiger partial charge in [0.2, 0.25) is 0 Å². The SMILES string of the molecule is CC(Oc1ccc(C(C)O)c(F)c1)C(=O)NC(N)=O. The predicted octanol–water partition coefficient (Wildman–Crippen LogP) is 0.841. The van der Waals surface area contributed by atoms with Crippen LogP contribution in [0.25, 0.3) is 0 Å². The van der Waals surface area contributed by atoms with E-state index in [-0.39, 0.29) is 11.3 Å². The van der Waals surface area contributed by atoms with Gasteiger partial charge in [0.25, 0.3) is 5.91 Å².